The maximum Gasteiger partial charge on any atom is 0.386 e. The summed E-state index contributed by atoms with van der Waals surface area (Å²) in [6.07, 6.45) is -8.68. The number of imidazole rings is 2. The first-order chi connectivity index (χ1) is 21.3. The maximum atomic E-state index is 15.2. The lowest BCUT2D eigenvalue weighted by molar-refractivity contribution is -0.0512. The number of aromatic amines is 1. The zero-order valence-corrected chi connectivity index (χ0v) is 26.1. The lowest BCUT2D eigenvalue weighted by atomic mass is 10.1. The number of hydrogen-bond acceptors (Lipinski definition) is 17. The second-order valence-corrected chi connectivity index (χ2v) is 14.6. The van der Waals surface area contributed by atoms with Crippen LogP contribution in [0.3, 0.4) is 0 Å². The smallest absolute Gasteiger partial charge is 0.386 e. The van der Waals surface area contributed by atoms with Crippen LogP contribution in [0.25, 0.3) is 22.3 Å². The standard InChI is InChI=1S/C20H25FN10O10P2S2/c21-8-11(32)7(39-18(8)30-4-26-9-14(22)24-3-25-15(9)30)2-38-43(36,45)41-13-12(33)6(1-37-42(35)44)40-19(13)31-5-27-10-16(31)28-20(23)29-17(10)34/h3-8,11-13,18-19,32-33,42H,1-2H2,(H,35,44)(H,36,45)(H2,22,24,25)(H3,23,28,29,34)/t6-,7-,8+,11+,12+,13+,18-,19-,43?/m1/s1. The third-order valence-electron chi connectivity index (χ3n) is 7.02. The van der Waals surface area contributed by atoms with Gasteiger partial charge in [-0.2, -0.15) is 4.98 Å². The van der Waals surface area contributed by atoms with E-state index in [-0.39, 0.29) is 34.1 Å². The van der Waals surface area contributed by atoms with Crippen LogP contribution in [-0.2, 0) is 32.2 Å². The second-order valence-electron chi connectivity index (χ2n) is 9.83. The number of aromatic nitrogens is 8. The Labute approximate surface area is 261 Å². The van der Waals surface area contributed by atoms with E-state index >= 15 is 4.39 Å². The first-order valence-electron chi connectivity index (χ1n) is 12.8. The first-order valence-corrected chi connectivity index (χ1v) is 18.1. The number of aliphatic hydroxyl groups is 2. The molecular formula is C20H25FN10O10P2S2. The number of thiol groups is 2. The predicted molar refractivity (Wildman–Crippen MR) is 158 cm³/mol. The van der Waals surface area contributed by atoms with Gasteiger partial charge in [-0.15, -0.1) is 0 Å². The van der Waals surface area contributed by atoms with Crippen molar-refractivity contribution in [2.45, 2.75) is 49.1 Å². The molecule has 0 amide bonds. The minimum absolute atomic E-state index is 0.0562. The zero-order valence-electron chi connectivity index (χ0n) is 22.4. The number of nitrogens with one attached hydrogen (secondary N) is 1. The Morgan fingerprint density at radius 2 is 1.71 bits per heavy atom. The van der Waals surface area contributed by atoms with Gasteiger partial charge < -0.3 is 35.7 Å². The number of anilines is 2. The van der Waals surface area contributed by atoms with Gasteiger partial charge in [0.1, 0.15) is 42.4 Å². The Balaban J connectivity index is 1.20. The van der Waals surface area contributed by atoms with Gasteiger partial charge in [0.15, 0.2) is 41.3 Å². The number of rotatable bonds is 10. The van der Waals surface area contributed by atoms with Crippen LogP contribution < -0.4 is 17.0 Å². The molecular weight excluding hydrogens is 685 g/mol. The molecule has 7 N–H and O–H groups in total. The Kier molecular flexibility index (Phi) is 8.95. The van der Waals surface area contributed by atoms with Crippen molar-refractivity contribution in [3.05, 3.63) is 29.3 Å². The predicted octanol–water partition coefficient (Wildman–Crippen LogP) is -0.246. The average Bonchev–Trinajstić information content (AvgIpc) is 3.73. The van der Waals surface area contributed by atoms with Crippen LogP contribution >= 0.6 is 38.5 Å². The quantitative estimate of drug-likeness (QED) is 0.0825. The summed E-state index contributed by atoms with van der Waals surface area (Å²) in [5.74, 6) is -0.193. The van der Waals surface area contributed by atoms with E-state index in [0.717, 1.165) is 12.7 Å². The molecule has 0 spiro atoms. The molecule has 10 atom stereocenters. The molecule has 2 fully saturated rings. The van der Waals surface area contributed by atoms with Crippen LogP contribution in [0.4, 0.5) is 16.2 Å². The number of H-pyrrole nitrogens is 1. The Morgan fingerprint density at radius 1 is 1.04 bits per heavy atom. The SMILES string of the molecule is Nc1nc2c(ncn2[C@@H]2O[C@H](CO[PH](=O)S)[C@H](O)[C@@H]2OP(=O)(S)OC[C@H]2O[C@@H](n3cnc4c(N)ncnc43)[C@@H](F)[C@H]2O)c(=O)[nH]1. The molecule has 0 aliphatic carbocycles. The summed E-state index contributed by atoms with van der Waals surface area (Å²) < 4.78 is 69.9. The highest BCUT2D eigenvalue weighted by atomic mass is 32.7. The van der Waals surface area contributed by atoms with Crippen molar-refractivity contribution in [1.29, 1.82) is 0 Å². The fraction of sp³-hybridized carbons (Fsp3) is 0.500. The zero-order chi connectivity index (χ0) is 32.2. The molecule has 45 heavy (non-hydrogen) atoms. The number of nitrogens with zero attached hydrogens (tertiary/aromatic N) is 7. The summed E-state index contributed by atoms with van der Waals surface area (Å²) in [5.41, 5.74) is 11.0. The molecule has 0 aromatic carbocycles. The number of hydrogen-bond donors (Lipinski definition) is 7. The molecule has 20 nitrogen and oxygen atoms in total. The summed E-state index contributed by atoms with van der Waals surface area (Å²) in [6.45, 7) is -5.55. The maximum absolute atomic E-state index is 15.2. The van der Waals surface area contributed by atoms with Gasteiger partial charge in [-0.05, 0) is 0 Å². The van der Waals surface area contributed by atoms with E-state index in [1.165, 1.54) is 15.5 Å². The second kappa shape index (κ2) is 12.5. The summed E-state index contributed by atoms with van der Waals surface area (Å²) in [4.78, 5) is 34.5. The number of nitrogens with two attached hydrogens (primary N) is 2. The van der Waals surface area contributed by atoms with Gasteiger partial charge in [-0.25, -0.2) is 28.9 Å². The lowest BCUT2D eigenvalue weighted by Gasteiger charge is -2.25. The van der Waals surface area contributed by atoms with E-state index < -0.39 is 81.9 Å². The molecule has 2 saturated heterocycles. The van der Waals surface area contributed by atoms with Crippen LogP contribution in [0.1, 0.15) is 12.5 Å². The number of nitrogen functional groups attached to an aromatic ring is 2. The van der Waals surface area contributed by atoms with Gasteiger partial charge in [0.2, 0.25) is 13.2 Å². The molecule has 0 saturated carbocycles. The summed E-state index contributed by atoms with van der Waals surface area (Å²) in [7, 11) is -2.74. The van der Waals surface area contributed by atoms with E-state index in [1.807, 2.05) is 0 Å². The molecule has 2 aliphatic heterocycles. The Hall–Kier alpha value is -2.69. The first kappa shape index (κ1) is 32.3. The molecule has 4 aromatic rings. The molecule has 6 heterocycles. The van der Waals surface area contributed by atoms with E-state index in [2.05, 4.69) is 54.4 Å². The monoisotopic (exact) mass is 710 g/mol. The summed E-state index contributed by atoms with van der Waals surface area (Å²) in [6, 6.07) is 0. The van der Waals surface area contributed by atoms with Crippen LogP contribution in [0, 0.1) is 0 Å². The molecule has 2 unspecified atom stereocenters. The normalized spacial score (nSPS) is 30.7. The van der Waals surface area contributed by atoms with E-state index in [9.17, 15) is 24.1 Å². The fourth-order valence-electron chi connectivity index (χ4n) is 4.95. The highest BCUT2D eigenvalue weighted by Gasteiger charge is 2.50. The van der Waals surface area contributed by atoms with Gasteiger partial charge in [-0.1, -0.05) is 24.5 Å². The van der Waals surface area contributed by atoms with Crippen molar-refractivity contribution >= 4 is 72.6 Å². The third kappa shape index (κ3) is 6.22. The number of aliphatic hydroxyl groups excluding tert-OH is 2. The number of alkyl halides is 1. The summed E-state index contributed by atoms with van der Waals surface area (Å²) >= 11 is 7.69. The minimum atomic E-state index is -4.46. The van der Waals surface area contributed by atoms with Crippen LogP contribution in [0.5, 0.6) is 0 Å². The molecule has 2 aliphatic rings. The highest BCUT2D eigenvalue weighted by Crippen LogP contribution is 2.57. The van der Waals surface area contributed by atoms with Gasteiger partial charge in [0, 0.05) is 0 Å². The van der Waals surface area contributed by atoms with Crippen molar-refractivity contribution < 1.29 is 46.8 Å². The molecule has 4 aromatic heterocycles. The van der Waals surface area contributed by atoms with Crippen molar-refractivity contribution in [1.82, 2.24) is 39.0 Å². The number of halogens is 1. The minimum Gasteiger partial charge on any atom is -0.387 e. The van der Waals surface area contributed by atoms with Crippen molar-refractivity contribution in [3.63, 3.8) is 0 Å². The Morgan fingerprint density at radius 3 is 2.44 bits per heavy atom. The van der Waals surface area contributed by atoms with Crippen molar-refractivity contribution in [2.75, 3.05) is 24.7 Å². The summed E-state index contributed by atoms with van der Waals surface area (Å²) in [5, 5.41) is 21.6. The van der Waals surface area contributed by atoms with Crippen molar-refractivity contribution in [2.24, 2.45) is 0 Å². The fourth-order valence-corrected chi connectivity index (χ4v) is 6.94. The topological polar surface area (TPSA) is 280 Å². The largest absolute Gasteiger partial charge is 0.387 e. The van der Waals surface area contributed by atoms with E-state index in [4.69, 9.17) is 34.5 Å². The van der Waals surface area contributed by atoms with E-state index in [1.54, 1.807) is 0 Å². The van der Waals surface area contributed by atoms with Gasteiger partial charge >= 0.3 is 6.80 Å². The molecule has 244 valence electrons. The molecule has 0 bridgehead atoms. The molecule has 6 rings (SSSR count). The lowest BCUT2D eigenvalue weighted by Crippen LogP contribution is -2.35. The highest BCUT2D eigenvalue weighted by molar-refractivity contribution is 8.44. The third-order valence-corrected chi connectivity index (χ3v) is 9.44. The van der Waals surface area contributed by atoms with Gasteiger partial charge in [0.25, 0.3) is 5.56 Å². The number of fused-ring (bicyclic) bond motifs is 2. The average molecular weight is 711 g/mol. The van der Waals surface area contributed by atoms with Crippen LogP contribution in [0.2, 0.25) is 0 Å². The van der Waals surface area contributed by atoms with Gasteiger partial charge in [0.05, 0.1) is 25.9 Å². The molecule has 0 radical (unpaired) electrons. The van der Waals surface area contributed by atoms with Crippen LogP contribution in [0.15, 0.2) is 23.8 Å². The van der Waals surface area contributed by atoms with E-state index in [0.29, 0.717) is 0 Å². The van der Waals surface area contributed by atoms with Crippen molar-refractivity contribution in [3.8, 4) is 0 Å². The number of ether oxygens (including phenoxy) is 2. The van der Waals surface area contributed by atoms with Gasteiger partial charge in [-0.3, -0.25) is 32.5 Å². The molecule has 25 heteroatoms. The van der Waals surface area contributed by atoms with Crippen LogP contribution in [-0.4, -0.2) is 99.2 Å². The Bertz CT molecular complexity index is 1870.